The minimum atomic E-state index is -0.233. The van der Waals surface area contributed by atoms with Gasteiger partial charge in [0.1, 0.15) is 11.5 Å². The number of aryl methyl sites for hydroxylation is 1. The Morgan fingerprint density at radius 1 is 1.14 bits per heavy atom. The molecule has 146 valence electrons. The Labute approximate surface area is 163 Å². The molecule has 0 unspecified atom stereocenters. The monoisotopic (exact) mass is 382 g/mol. The molecule has 0 radical (unpaired) electrons. The first-order valence-corrected chi connectivity index (χ1v) is 9.49. The van der Waals surface area contributed by atoms with Crippen LogP contribution in [0, 0.1) is 12.7 Å². The second kappa shape index (κ2) is 7.50. The van der Waals surface area contributed by atoms with E-state index in [2.05, 4.69) is 4.98 Å². The van der Waals surface area contributed by atoms with Gasteiger partial charge in [0.25, 0.3) is 5.91 Å². The van der Waals surface area contributed by atoms with Crippen LogP contribution in [0.25, 0.3) is 5.65 Å². The fourth-order valence-corrected chi connectivity index (χ4v) is 3.69. The number of fused-ring (bicyclic) bond motifs is 1. The maximum Gasteiger partial charge on any atom is 0.272 e. The van der Waals surface area contributed by atoms with Crippen molar-refractivity contribution in [3.63, 3.8) is 0 Å². The molecule has 4 rings (SSSR count). The van der Waals surface area contributed by atoms with Crippen molar-refractivity contribution in [1.29, 1.82) is 0 Å². The Bertz CT molecular complexity index is 1010. The average molecular weight is 382 g/mol. The summed E-state index contributed by atoms with van der Waals surface area (Å²) in [6, 6.07) is 10.5. The largest absolute Gasteiger partial charge is 0.490 e. The van der Waals surface area contributed by atoms with Crippen LogP contribution >= 0.6 is 0 Å². The van der Waals surface area contributed by atoms with Crippen LogP contribution in [0.1, 0.15) is 23.1 Å². The number of hydrogen-bond acceptors (Lipinski definition) is 4. The molecule has 1 amide bonds. The molecule has 0 spiro atoms. The molecule has 1 saturated heterocycles. The van der Waals surface area contributed by atoms with Gasteiger partial charge in [0, 0.05) is 32.4 Å². The minimum absolute atomic E-state index is 0.0631. The van der Waals surface area contributed by atoms with Crippen molar-refractivity contribution in [2.45, 2.75) is 13.8 Å². The summed E-state index contributed by atoms with van der Waals surface area (Å²) in [5.74, 6) is 0.367. The molecule has 0 N–H and O–H groups in total. The Morgan fingerprint density at radius 2 is 1.89 bits per heavy atom. The first kappa shape index (κ1) is 18.3. The van der Waals surface area contributed by atoms with E-state index in [9.17, 15) is 9.18 Å². The second-order valence-electron chi connectivity index (χ2n) is 6.78. The predicted octanol–water partition coefficient (Wildman–Crippen LogP) is 3.14. The SMILES string of the molecule is CCOc1cccn2c(C(=O)N3CCN(c4ccccc4F)CC3)c(C)nc12. The number of ether oxygens (including phenoxy) is 1. The van der Waals surface area contributed by atoms with E-state index in [1.165, 1.54) is 6.07 Å². The minimum Gasteiger partial charge on any atom is -0.490 e. The van der Waals surface area contributed by atoms with E-state index >= 15 is 0 Å². The van der Waals surface area contributed by atoms with Gasteiger partial charge in [-0.25, -0.2) is 9.37 Å². The molecule has 7 heteroatoms. The fourth-order valence-electron chi connectivity index (χ4n) is 3.69. The third-order valence-corrected chi connectivity index (χ3v) is 5.05. The van der Waals surface area contributed by atoms with Crippen molar-refractivity contribution in [3.8, 4) is 5.75 Å². The molecule has 2 aromatic heterocycles. The van der Waals surface area contributed by atoms with Crippen LogP contribution < -0.4 is 9.64 Å². The van der Waals surface area contributed by atoms with Gasteiger partial charge in [0.2, 0.25) is 0 Å². The van der Waals surface area contributed by atoms with Crippen molar-refractivity contribution in [2.24, 2.45) is 0 Å². The highest BCUT2D eigenvalue weighted by molar-refractivity contribution is 5.95. The standard InChI is InChI=1S/C21H23FN4O2/c1-3-28-18-9-6-10-26-19(15(2)23-20(18)26)21(27)25-13-11-24(12-14-25)17-8-5-4-7-16(17)22/h4-10H,3,11-14H2,1-2H3. The lowest BCUT2D eigenvalue weighted by molar-refractivity contribution is 0.0739. The van der Waals surface area contributed by atoms with Crippen LogP contribution in [0.2, 0.25) is 0 Å². The molecule has 0 aliphatic carbocycles. The van der Waals surface area contributed by atoms with Gasteiger partial charge in [-0.3, -0.25) is 9.20 Å². The van der Waals surface area contributed by atoms with Gasteiger partial charge in [0.05, 0.1) is 18.0 Å². The molecule has 1 aliphatic heterocycles. The van der Waals surface area contributed by atoms with Crippen LogP contribution in [0.5, 0.6) is 5.75 Å². The lowest BCUT2D eigenvalue weighted by atomic mass is 10.2. The molecule has 0 bridgehead atoms. The van der Waals surface area contributed by atoms with Crippen molar-refractivity contribution >= 4 is 17.2 Å². The van der Waals surface area contributed by atoms with E-state index in [0.29, 0.717) is 61.3 Å². The Kier molecular flexibility index (Phi) is 4.90. The quantitative estimate of drug-likeness (QED) is 0.696. The van der Waals surface area contributed by atoms with Crippen LogP contribution in [0.3, 0.4) is 0 Å². The fraction of sp³-hybridized carbons (Fsp3) is 0.333. The van der Waals surface area contributed by atoms with Gasteiger partial charge in [-0.15, -0.1) is 0 Å². The van der Waals surface area contributed by atoms with Crippen molar-refractivity contribution in [1.82, 2.24) is 14.3 Å². The number of benzene rings is 1. The lowest BCUT2D eigenvalue weighted by Gasteiger charge is -2.36. The molecule has 6 nitrogen and oxygen atoms in total. The summed E-state index contributed by atoms with van der Waals surface area (Å²) in [5.41, 5.74) is 2.46. The van der Waals surface area contributed by atoms with Gasteiger partial charge in [0.15, 0.2) is 11.4 Å². The first-order chi connectivity index (χ1) is 13.6. The number of anilines is 1. The number of nitrogens with zero attached hydrogens (tertiary/aromatic N) is 4. The predicted molar refractivity (Wildman–Crippen MR) is 106 cm³/mol. The van der Waals surface area contributed by atoms with Crippen LogP contribution in [-0.4, -0.2) is 53.0 Å². The van der Waals surface area contributed by atoms with Crippen LogP contribution in [-0.2, 0) is 0 Å². The zero-order valence-corrected chi connectivity index (χ0v) is 16.1. The Hall–Kier alpha value is -3.09. The number of piperazine rings is 1. The molecule has 3 heterocycles. The third-order valence-electron chi connectivity index (χ3n) is 5.05. The molecule has 28 heavy (non-hydrogen) atoms. The van der Waals surface area contributed by atoms with E-state index in [-0.39, 0.29) is 11.7 Å². The van der Waals surface area contributed by atoms with Gasteiger partial charge < -0.3 is 14.5 Å². The van der Waals surface area contributed by atoms with Crippen LogP contribution in [0.4, 0.5) is 10.1 Å². The van der Waals surface area contributed by atoms with E-state index < -0.39 is 0 Å². The summed E-state index contributed by atoms with van der Waals surface area (Å²) < 4.78 is 21.5. The smallest absolute Gasteiger partial charge is 0.272 e. The number of para-hydroxylation sites is 1. The Morgan fingerprint density at radius 3 is 2.61 bits per heavy atom. The summed E-state index contributed by atoms with van der Waals surface area (Å²) in [6.07, 6.45) is 1.83. The van der Waals surface area contributed by atoms with E-state index in [0.717, 1.165) is 0 Å². The molecular formula is C21H23FN4O2. The number of pyridine rings is 1. The van der Waals surface area contributed by atoms with Crippen LogP contribution in [0.15, 0.2) is 42.6 Å². The maximum absolute atomic E-state index is 14.0. The number of hydrogen-bond donors (Lipinski definition) is 0. The molecule has 1 fully saturated rings. The molecular weight excluding hydrogens is 359 g/mol. The molecule has 0 atom stereocenters. The number of halogens is 1. The lowest BCUT2D eigenvalue weighted by Crippen LogP contribution is -2.49. The van der Waals surface area contributed by atoms with Crippen molar-refractivity contribution in [2.75, 3.05) is 37.7 Å². The summed E-state index contributed by atoms with van der Waals surface area (Å²) >= 11 is 0. The highest BCUT2D eigenvalue weighted by atomic mass is 19.1. The number of imidazole rings is 1. The molecule has 1 aliphatic rings. The molecule has 1 aromatic carbocycles. The van der Waals surface area contributed by atoms with E-state index in [1.54, 1.807) is 21.4 Å². The van der Waals surface area contributed by atoms with Gasteiger partial charge in [-0.05, 0) is 38.1 Å². The number of rotatable bonds is 4. The zero-order valence-electron chi connectivity index (χ0n) is 16.1. The summed E-state index contributed by atoms with van der Waals surface area (Å²) in [5, 5.41) is 0. The van der Waals surface area contributed by atoms with E-state index in [4.69, 9.17) is 4.74 Å². The first-order valence-electron chi connectivity index (χ1n) is 9.49. The maximum atomic E-state index is 14.0. The zero-order chi connectivity index (χ0) is 19.7. The van der Waals surface area contributed by atoms with Gasteiger partial charge >= 0.3 is 0 Å². The van der Waals surface area contributed by atoms with E-state index in [1.807, 2.05) is 43.1 Å². The summed E-state index contributed by atoms with van der Waals surface area (Å²) in [4.78, 5) is 21.5. The summed E-state index contributed by atoms with van der Waals surface area (Å²) in [6.45, 7) is 6.54. The highest BCUT2D eigenvalue weighted by Gasteiger charge is 2.27. The summed E-state index contributed by atoms with van der Waals surface area (Å²) in [7, 11) is 0. The molecule has 0 saturated carbocycles. The van der Waals surface area contributed by atoms with Crippen molar-refractivity contribution < 1.29 is 13.9 Å². The molecule has 3 aromatic rings. The normalized spacial score (nSPS) is 14.5. The van der Waals surface area contributed by atoms with Gasteiger partial charge in [-0.2, -0.15) is 0 Å². The number of aromatic nitrogens is 2. The highest BCUT2D eigenvalue weighted by Crippen LogP contribution is 2.24. The topological polar surface area (TPSA) is 50.1 Å². The number of amides is 1. The van der Waals surface area contributed by atoms with Gasteiger partial charge in [-0.1, -0.05) is 12.1 Å². The average Bonchev–Trinajstić information content (AvgIpc) is 3.05. The second-order valence-corrected chi connectivity index (χ2v) is 6.78. The number of carbonyl (C=O) groups is 1. The third kappa shape index (κ3) is 3.17. The van der Waals surface area contributed by atoms with Crippen molar-refractivity contribution in [3.05, 3.63) is 59.8 Å². The Balaban J connectivity index is 1.55. The number of carbonyl (C=O) groups excluding carboxylic acids is 1.